The van der Waals surface area contributed by atoms with Gasteiger partial charge in [0.05, 0.1) is 7.11 Å². The molecule has 0 atom stereocenters. The second-order valence-corrected chi connectivity index (χ2v) is 3.45. The maximum Gasteiger partial charge on any atom is 0.287 e. The van der Waals surface area contributed by atoms with E-state index in [9.17, 15) is 4.79 Å². The summed E-state index contributed by atoms with van der Waals surface area (Å²) in [4.78, 5) is 17.8. The Kier molecular flexibility index (Phi) is 2.92. The lowest BCUT2D eigenvalue weighted by Gasteiger charge is -1.99. The van der Waals surface area contributed by atoms with Gasteiger partial charge >= 0.3 is 0 Å². The Morgan fingerprint density at radius 1 is 1.38 bits per heavy atom. The molecule has 0 aliphatic rings. The molecule has 0 spiro atoms. The minimum absolute atomic E-state index is 0.0809. The molecule has 0 unspecified atom stereocenters. The average molecular weight is 237 g/mol. The summed E-state index contributed by atoms with van der Waals surface area (Å²) >= 11 is 5.34. The van der Waals surface area contributed by atoms with E-state index in [1.807, 2.05) is 30.3 Å². The van der Waals surface area contributed by atoms with Crippen molar-refractivity contribution in [2.24, 2.45) is 0 Å². The molecule has 0 aliphatic carbocycles. The molecule has 16 heavy (non-hydrogen) atoms. The van der Waals surface area contributed by atoms with Gasteiger partial charge in [0.25, 0.3) is 5.24 Å². The fourth-order valence-electron chi connectivity index (χ4n) is 1.40. The summed E-state index contributed by atoms with van der Waals surface area (Å²) in [7, 11) is 1.49. The lowest BCUT2D eigenvalue weighted by molar-refractivity contribution is 0.107. The highest BCUT2D eigenvalue weighted by Crippen LogP contribution is 2.27. The van der Waals surface area contributed by atoms with Crippen LogP contribution in [0.1, 0.15) is 10.6 Å². The molecule has 1 N–H and O–H groups in total. The monoisotopic (exact) mass is 236 g/mol. The Labute approximate surface area is 97.2 Å². The van der Waals surface area contributed by atoms with E-state index in [1.165, 1.54) is 7.11 Å². The fraction of sp³-hybridized carbons (Fsp3) is 0.0909. The van der Waals surface area contributed by atoms with Crippen molar-refractivity contribution >= 4 is 16.8 Å². The van der Waals surface area contributed by atoms with Crippen molar-refractivity contribution in [3.8, 4) is 17.1 Å². The van der Waals surface area contributed by atoms with E-state index in [0.717, 1.165) is 5.56 Å². The van der Waals surface area contributed by atoms with Gasteiger partial charge in [-0.05, 0) is 11.6 Å². The molecule has 0 saturated carbocycles. The molecule has 1 aromatic carbocycles. The molecule has 0 amide bonds. The third kappa shape index (κ3) is 1.92. The van der Waals surface area contributed by atoms with Gasteiger partial charge in [-0.3, -0.25) is 4.79 Å². The van der Waals surface area contributed by atoms with Crippen LogP contribution in [0.3, 0.4) is 0 Å². The topological polar surface area (TPSA) is 55.0 Å². The van der Waals surface area contributed by atoms with Crippen molar-refractivity contribution < 1.29 is 9.53 Å². The zero-order valence-electron chi connectivity index (χ0n) is 8.53. The molecule has 0 fully saturated rings. The molecule has 4 nitrogen and oxygen atoms in total. The molecule has 0 aliphatic heterocycles. The van der Waals surface area contributed by atoms with Crippen molar-refractivity contribution in [3.05, 3.63) is 36.2 Å². The maximum absolute atomic E-state index is 11.0. The van der Waals surface area contributed by atoms with Gasteiger partial charge in [-0.25, -0.2) is 0 Å². The second-order valence-electron chi connectivity index (χ2n) is 3.11. The number of carbonyl (C=O) groups is 1. The number of rotatable bonds is 3. The van der Waals surface area contributed by atoms with Gasteiger partial charge in [-0.15, -0.1) is 0 Å². The lowest BCUT2D eigenvalue weighted by atomic mass is 10.2. The zero-order chi connectivity index (χ0) is 11.5. The smallest absolute Gasteiger partial charge is 0.287 e. The highest BCUT2D eigenvalue weighted by Gasteiger charge is 2.15. The number of aromatic nitrogens is 2. The standard InChI is InChI=1S/C11H9ClN2O2/c1-16-11-8(7-5-3-2-4-6-7)13-10(14-11)9(12)15/h2-6H,1H3,(H,13,14). The molecule has 2 aromatic rings. The third-order valence-electron chi connectivity index (χ3n) is 2.11. The number of carbonyl (C=O) groups excluding carboxylic acids is 1. The number of methoxy groups -OCH3 is 1. The van der Waals surface area contributed by atoms with Crippen LogP contribution >= 0.6 is 11.6 Å². The number of nitrogens with one attached hydrogen (secondary N) is 1. The van der Waals surface area contributed by atoms with Crippen molar-refractivity contribution in [2.45, 2.75) is 0 Å². The minimum Gasteiger partial charge on any atom is -0.479 e. The molecular weight excluding hydrogens is 228 g/mol. The molecule has 1 heterocycles. The van der Waals surface area contributed by atoms with Crippen LogP contribution in [-0.2, 0) is 0 Å². The van der Waals surface area contributed by atoms with Crippen molar-refractivity contribution in [3.63, 3.8) is 0 Å². The first-order valence-corrected chi connectivity index (χ1v) is 4.99. The van der Waals surface area contributed by atoms with Crippen LogP contribution in [0.15, 0.2) is 30.3 Å². The van der Waals surface area contributed by atoms with E-state index in [1.54, 1.807) is 0 Å². The van der Waals surface area contributed by atoms with Gasteiger partial charge in [-0.2, -0.15) is 4.98 Å². The van der Waals surface area contributed by atoms with Crippen LogP contribution < -0.4 is 4.74 Å². The normalized spacial score (nSPS) is 10.1. The molecule has 0 radical (unpaired) electrons. The van der Waals surface area contributed by atoms with Gasteiger partial charge in [0, 0.05) is 5.56 Å². The van der Waals surface area contributed by atoms with E-state index < -0.39 is 5.24 Å². The van der Waals surface area contributed by atoms with Gasteiger partial charge < -0.3 is 9.72 Å². The highest BCUT2D eigenvalue weighted by molar-refractivity contribution is 6.67. The lowest BCUT2D eigenvalue weighted by Crippen LogP contribution is -1.91. The van der Waals surface area contributed by atoms with Crippen LogP contribution in [0.5, 0.6) is 5.88 Å². The number of halogens is 1. The summed E-state index contributed by atoms with van der Waals surface area (Å²) in [5.41, 5.74) is 1.53. The zero-order valence-corrected chi connectivity index (χ0v) is 9.28. The molecular formula is C11H9ClN2O2. The van der Waals surface area contributed by atoms with E-state index in [4.69, 9.17) is 16.3 Å². The van der Waals surface area contributed by atoms with Crippen molar-refractivity contribution in [1.29, 1.82) is 0 Å². The van der Waals surface area contributed by atoms with Gasteiger partial charge in [0.1, 0.15) is 5.69 Å². The Hall–Kier alpha value is -1.81. The van der Waals surface area contributed by atoms with Gasteiger partial charge in [-0.1, -0.05) is 30.3 Å². The van der Waals surface area contributed by atoms with Crippen molar-refractivity contribution in [2.75, 3.05) is 7.11 Å². The van der Waals surface area contributed by atoms with Gasteiger partial charge in [0.2, 0.25) is 5.88 Å². The quantitative estimate of drug-likeness (QED) is 0.833. The molecule has 2 rings (SSSR count). The maximum atomic E-state index is 11.0. The summed E-state index contributed by atoms with van der Waals surface area (Å²) in [6.07, 6.45) is 0. The summed E-state index contributed by atoms with van der Waals surface area (Å²) in [6, 6.07) is 9.45. The number of imidazole rings is 1. The van der Waals surface area contributed by atoms with Crippen LogP contribution in [0, 0.1) is 0 Å². The van der Waals surface area contributed by atoms with Gasteiger partial charge in [0.15, 0.2) is 5.82 Å². The van der Waals surface area contributed by atoms with Crippen LogP contribution in [0.4, 0.5) is 0 Å². The summed E-state index contributed by atoms with van der Waals surface area (Å²) in [6.45, 7) is 0. The summed E-state index contributed by atoms with van der Waals surface area (Å²) in [5.74, 6) is 0.438. The first-order valence-electron chi connectivity index (χ1n) is 4.61. The number of hydrogen-bond donors (Lipinski definition) is 1. The fourth-order valence-corrected chi connectivity index (χ4v) is 1.49. The van der Waals surface area contributed by atoms with E-state index in [0.29, 0.717) is 11.6 Å². The Morgan fingerprint density at radius 3 is 2.62 bits per heavy atom. The molecule has 5 heteroatoms. The van der Waals surface area contributed by atoms with Crippen LogP contribution in [0.25, 0.3) is 11.3 Å². The Morgan fingerprint density at radius 2 is 2.06 bits per heavy atom. The average Bonchev–Trinajstić information content (AvgIpc) is 2.74. The molecule has 82 valence electrons. The van der Waals surface area contributed by atoms with E-state index >= 15 is 0 Å². The predicted molar refractivity (Wildman–Crippen MR) is 60.8 cm³/mol. The summed E-state index contributed by atoms with van der Waals surface area (Å²) in [5, 5.41) is -0.638. The second kappa shape index (κ2) is 4.37. The van der Waals surface area contributed by atoms with Crippen LogP contribution in [0.2, 0.25) is 0 Å². The minimum atomic E-state index is -0.638. The third-order valence-corrected chi connectivity index (χ3v) is 2.29. The first-order chi connectivity index (χ1) is 7.72. The molecule has 0 bridgehead atoms. The van der Waals surface area contributed by atoms with E-state index in [2.05, 4.69) is 9.97 Å². The number of ether oxygens (including phenoxy) is 1. The molecule has 0 saturated heterocycles. The number of benzene rings is 1. The SMILES string of the molecule is COc1nc(C(=O)Cl)[nH]c1-c1ccccc1. The van der Waals surface area contributed by atoms with E-state index in [-0.39, 0.29) is 5.82 Å². The number of H-pyrrole nitrogens is 1. The largest absolute Gasteiger partial charge is 0.479 e. The summed E-state index contributed by atoms with van der Waals surface area (Å²) < 4.78 is 5.08. The highest BCUT2D eigenvalue weighted by atomic mass is 35.5. The van der Waals surface area contributed by atoms with Crippen LogP contribution in [-0.4, -0.2) is 22.3 Å². The Balaban J connectivity index is 2.52. The van der Waals surface area contributed by atoms with Crippen molar-refractivity contribution in [1.82, 2.24) is 9.97 Å². The first kappa shape index (κ1) is 10.7. The number of aromatic amines is 1. The Bertz CT molecular complexity index is 508. The predicted octanol–water partition coefficient (Wildman–Crippen LogP) is 2.46. The number of hydrogen-bond acceptors (Lipinski definition) is 3. The number of nitrogens with zero attached hydrogens (tertiary/aromatic N) is 1. The molecule has 1 aromatic heterocycles.